The van der Waals surface area contributed by atoms with Crippen LogP contribution in [0.3, 0.4) is 0 Å². The molecule has 0 saturated heterocycles. The molecule has 0 spiro atoms. The molecule has 1 rings (SSSR count). The summed E-state index contributed by atoms with van der Waals surface area (Å²) < 4.78 is 0.919. The normalized spacial score (nSPS) is 10.1. The van der Waals surface area contributed by atoms with Crippen LogP contribution in [0.25, 0.3) is 0 Å². The fraction of sp³-hybridized carbons (Fsp3) is 0.250. The minimum absolute atomic E-state index is 0.0609. The molecule has 0 fully saturated rings. The van der Waals surface area contributed by atoms with Crippen LogP contribution >= 0.6 is 15.9 Å². The highest BCUT2D eigenvalue weighted by atomic mass is 79.9. The van der Waals surface area contributed by atoms with Gasteiger partial charge in [-0.1, -0.05) is 28.1 Å². The van der Waals surface area contributed by atoms with Crippen molar-refractivity contribution in [3.05, 3.63) is 33.8 Å². The maximum atomic E-state index is 8.82. The van der Waals surface area contributed by atoms with Crippen LogP contribution in [0.5, 0.6) is 0 Å². The second-order valence-electron chi connectivity index (χ2n) is 2.29. The highest BCUT2D eigenvalue weighted by Gasteiger charge is 1.97. The van der Waals surface area contributed by atoms with Gasteiger partial charge in [0.05, 0.1) is 6.61 Å². The van der Waals surface area contributed by atoms with Crippen molar-refractivity contribution in [3.8, 4) is 0 Å². The van der Waals surface area contributed by atoms with Crippen LogP contribution in [-0.2, 0) is 13.2 Å². The van der Waals surface area contributed by atoms with Crippen molar-refractivity contribution in [3.63, 3.8) is 0 Å². The van der Waals surface area contributed by atoms with Crippen molar-refractivity contribution in [2.75, 3.05) is 0 Å². The molecule has 1 aromatic carbocycles. The van der Waals surface area contributed by atoms with E-state index in [1.54, 1.807) is 0 Å². The van der Waals surface area contributed by atoms with Crippen molar-refractivity contribution < 1.29 is 5.11 Å². The Morgan fingerprint density at radius 3 is 2.64 bits per heavy atom. The van der Waals surface area contributed by atoms with Gasteiger partial charge in [0.2, 0.25) is 0 Å². The lowest BCUT2D eigenvalue weighted by Crippen LogP contribution is -1.96. The molecule has 0 unspecified atom stereocenters. The predicted molar refractivity (Wildman–Crippen MR) is 48.0 cm³/mol. The summed E-state index contributed by atoms with van der Waals surface area (Å²) in [7, 11) is 0. The predicted octanol–water partition coefficient (Wildman–Crippen LogP) is 1.40. The number of rotatable bonds is 2. The van der Waals surface area contributed by atoms with E-state index in [0.717, 1.165) is 15.6 Å². The van der Waals surface area contributed by atoms with Crippen LogP contribution in [0.15, 0.2) is 22.7 Å². The van der Waals surface area contributed by atoms with Gasteiger partial charge in [0.25, 0.3) is 0 Å². The highest BCUT2D eigenvalue weighted by molar-refractivity contribution is 9.10. The zero-order valence-electron chi connectivity index (χ0n) is 6.05. The highest BCUT2D eigenvalue weighted by Crippen LogP contribution is 2.18. The molecule has 0 heterocycles. The first-order chi connectivity index (χ1) is 5.27. The Bertz CT molecular complexity index is 250. The Morgan fingerprint density at radius 2 is 2.18 bits per heavy atom. The van der Waals surface area contributed by atoms with E-state index in [-0.39, 0.29) is 6.61 Å². The van der Waals surface area contributed by atoms with Crippen LogP contribution in [0.2, 0.25) is 0 Å². The minimum atomic E-state index is 0.0609. The molecule has 0 aliphatic carbocycles. The Kier molecular flexibility index (Phi) is 3.05. The summed E-state index contributed by atoms with van der Waals surface area (Å²) in [6, 6.07) is 5.70. The largest absolute Gasteiger partial charge is 0.392 e. The number of benzene rings is 1. The first-order valence-electron chi connectivity index (χ1n) is 3.36. The molecule has 0 aromatic heterocycles. The maximum Gasteiger partial charge on any atom is 0.0692 e. The molecule has 0 atom stereocenters. The molecule has 11 heavy (non-hydrogen) atoms. The summed E-state index contributed by atoms with van der Waals surface area (Å²) in [6.07, 6.45) is 0. The number of aliphatic hydroxyl groups is 1. The van der Waals surface area contributed by atoms with Gasteiger partial charge in [-0.25, -0.2) is 0 Å². The van der Waals surface area contributed by atoms with Crippen LogP contribution in [0, 0.1) is 0 Å². The van der Waals surface area contributed by atoms with Crippen LogP contribution < -0.4 is 5.73 Å². The molecular formula is C8H10BrNO. The van der Waals surface area contributed by atoms with Gasteiger partial charge in [0, 0.05) is 11.0 Å². The average Bonchev–Trinajstić information content (AvgIpc) is 2.04. The number of hydrogen-bond donors (Lipinski definition) is 2. The van der Waals surface area contributed by atoms with Crippen LogP contribution in [0.1, 0.15) is 11.1 Å². The quantitative estimate of drug-likeness (QED) is 0.784. The van der Waals surface area contributed by atoms with E-state index in [4.69, 9.17) is 10.8 Å². The number of halogens is 1. The molecule has 2 nitrogen and oxygen atoms in total. The molecule has 1 aromatic rings. The fourth-order valence-corrected chi connectivity index (χ4v) is 1.40. The fourth-order valence-electron chi connectivity index (χ4n) is 0.846. The van der Waals surface area contributed by atoms with Crippen molar-refractivity contribution in [1.82, 2.24) is 0 Å². The molecule has 0 aliphatic heterocycles. The monoisotopic (exact) mass is 215 g/mol. The summed E-state index contributed by atoms with van der Waals surface area (Å²) >= 11 is 3.33. The van der Waals surface area contributed by atoms with Gasteiger partial charge in [-0.05, 0) is 17.2 Å². The van der Waals surface area contributed by atoms with Gasteiger partial charge in [-0.15, -0.1) is 0 Å². The zero-order valence-corrected chi connectivity index (χ0v) is 7.63. The third-order valence-corrected chi connectivity index (χ3v) is 2.26. The van der Waals surface area contributed by atoms with Gasteiger partial charge in [0.1, 0.15) is 0 Å². The standard InChI is InChI=1S/C8H10BrNO/c9-8-3-6(4-10)1-2-7(8)5-11/h1-3,11H,4-5,10H2. The van der Waals surface area contributed by atoms with Gasteiger partial charge >= 0.3 is 0 Å². The molecule has 0 aliphatic rings. The van der Waals surface area contributed by atoms with Crippen LogP contribution in [0.4, 0.5) is 0 Å². The molecule has 3 heteroatoms. The van der Waals surface area contributed by atoms with Gasteiger partial charge in [0.15, 0.2) is 0 Å². The number of aliphatic hydroxyl groups excluding tert-OH is 1. The zero-order chi connectivity index (χ0) is 8.27. The Balaban J connectivity index is 2.99. The van der Waals surface area contributed by atoms with Crippen molar-refractivity contribution in [2.45, 2.75) is 13.2 Å². The first kappa shape index (κ1) is 8.71. The lowest BCUT2D eigenvalue weighted by Gasteiger charge is -2.02. The second kappa shape index (κ2) is 3.85. The summed E-state index contributed by atoms with van der Waals surface area (Å²) in [4.78, 5) is 0. The number of hydrogen-bond acceptors (Lipinski definition) is 2. The average molecular weight is 216 g/mol. The molecule has 0 saturated carbocycles. The van der Waals surface area contributed by atoms with E-state index in [0.29, 0.717) is 6.54 Å². The first-order valence-corrected chi connectivity index (χ1v) is 4.15. The lowest BCUT2D eigenvalue weighted by molar-refractivity contribution is 0.281. The van der Waals surface area contributed by atoms with Gasteiger partial charge in [-0.2, -0.15) is 0 Å². The maximum absolute atomic E-state index is 8.82. The summed E-state index contributed by atoms with van der Waals surface area (Å²) in [5.41, 5.74) is 7.38. The van der Waals surface area contributed by atoms with Gasteiger partial charge < -0.3 is 10.8 Å². The summed E-state index contributed by atoms with van der Waals surface area (Å²) in [5.74, 6) is 0. The Hall–Kier alpha value is -0.380. The van der Waals surface area contributed by atoms with Crippen molar-refractivity contribution >= 4 is 15.9 Å². The van der Waals surface area contributed by atoms with Gasteiger partial charge in [-0.3, -0.25) is 0 Å². The van der Waals surface area contributed by atoms with E-state index < -0.39 is 0 Å². The molecule has 0 radical (unpaired) electrons. The minimum Gasteiger partial charge on any atom is -0.392 e. The second-order valence-corrected chi connectivity index (χ2v) is 3.14. The SMILES string of the molecule is NCc1ccc(CO)c(Br)c1. The van der Waals surface area contributed by atoms with Crippen LogP contribution in [-0.4, -0.2) is 5.11 Å². The third-order valence-electron chi connectivity index (χ3n) is 1.52. The topological polar surface area (TPSA) is 46.2 Å². The molecule has 3 N–H and O–H groups in total. The lowest BCUT2D eigenvalue weighted by atomic mass is 10.1. The van der Waals surface area contributed by atoms with E-state index in [9.17, 15) is 0 Å². The van der Waals surface area contributed by atoms with E-state index in [2.05, 4.69) is 15.9 Å². The third kappa shape index (κ3) is 2.02. The molecular weight excluding hydrogens is 206 g/mol. The van der Waals surface area contributed by atoms with E-state index in [1.807, 2.05) is 18.2 Å². The summed E-state index contributed by atoms with van der Waals surface area (Å²) in [6.45, 7) is 0.593. The van der Waals surface area contributed by atoms with Crippen molar-refractivity contribution in [2.24, 2.45) is 5.73 Å². The van der Waals surface area contributed by atoms with E-state index >= 15 is 0 Å². The smallest absolute Gasteiger partial charge is 0.0692 e. The van der Waals surface area contributed by atoms with E-state index in [1.165, 1.54) is 0 Å². The molecule has 0 amide bonds. The van der Waals surface area contributed by atoms with Crippen molar-refractivity contribution in [1.29, 1.82) is 0 Å². The molecule has 60 valence electrons. The molecule has 0 bridgehead atoms. The Labute approximate surface area is 74.2 Å². The number of nitrogens with two attached hydrogens (primary N) is 1. The Morgan fingerprint density at radius 1 is 1.45 bits per heavy atom. The summed E-state index contributed by atoms with van der Waals surface area (Å²) in [5, 5.41) is 8.82.